The molecule has 5 rings (SSSR count). The van der Waals surface area contributed by atoms with Gasteiger partial charge in [-0.3, -0.25) is 14.4 Å². The number of hydrogen-bond acceptors (Lipinski definition) is 5. The second-order valence-corrected chi connectivity index (χ2v) is 21.2. The molecule has 0 saturated heterocycles. The highest BCUT2D eigenvalue weighted by Crippen LogP contribution is 2.41. The van der Waals surface area contributed by atoms with E-state index >= 15 is 0 Å². The highest BCUT2D eigenvalue weighted by Gasteiger charge is 2.52. The molecule has 2 heterocycles. The predicted molar refractivity (Wildman–Crippen MR) is 205 cm³/mol. The van der Waals surface area contributed by atoms with Crippen molar-refractivity contribution >= 4 is 37.2 Å². The lowest BCUT2D eigenvalue weighted by molar-refractivity contribution is -0.131. The topological polar surface area (TPSA) is 107 Å². The molecule has 0 radical (unpaired) electrons. The zero-order valence-corrected chi connectivity index (χ0v) is 32.5. The molecule has 2 atom stereocenters. The summed E-state index contributed by atoms with van der Waals surface area (Å²) in [6, 6.07) is 16.0. The Morgan fingerprint density at radius 3 is 2.27 bits per heavy atom. The quantitative estimate of drug-likeness (QED) is 0.100. The van der Waals surface area contributed by atoms with Gasteiger partial charge >= 0.3 is 0 Å². The maximum atomic E-state index is 14.9. The van der Waals surface area contributed by atoms with E-state index in [1.165, 1.54) is 6.07 Å². The summed E-state index contributed by atoms with van der Waals surface area (Å²) in [5, 5.41) is 10.7. The number of anilines is 1. The second kappa shape index (κ2) is 15.3. The highest BCUT2D eigenvalue weighted by atomic mass is 35.5. The van der Waals surface area contributed by atoms with Crippen LogP contribution in [0.4, 0.5) is 10.1 Å². The average molecular weight is 734 g/mol. The number of ether oxygens (including phenoxy) is 1. The van der Waals surface area contributed by atoms with E-state index in [1.54, 1.807) is 42.0 Å². The van der Waals surface area contributed by atoms with Crippen molar-refractivity contribution in [3.63, 3.8) is 0 Å². The van der Waals surface area contributed by atoms with Crippen LogP contribution in [0.5, 0.6) is 0 Å². The van der Waals surface area contributed by atoms with Crippen LogP contribution in [0.15, 0.2) is 65.6 Å². The van der Waals surface area contributed by atoms with Gasteiger partial charge in [-0.1, -0.05) is 56.4 Å². The van der Waals surface area contributed by atoms with E-state index < -0.39 is 37.5 Å². The summed E-state index contributed by atoms with van der Waals surface area (Å²) < 4.78 is 24.4. The van der Waals surface area contributed by atoms with Crippen LogP contribution in [0.3, 0.4) is 0 Å². The summed E-state index contributed by atoms with van der Waals surface area (Å²) in [5.41, 5.74) is 4.41. The first-order valence-electron chi connectivity index (χ1n) is 17.5. The minimum absolute atomic E-state index is 0.0363. The molecule has 0 bridgehead atoms. The number of pyridine rings is 1. The van der Waals surface area contributed by atoms with E-state index in [0.717, 1.165) is 39.7 Å². The van der Waals surface area contributed by atoms with Gasteiger partial charge in [-0.2, -0.15) is 5.10 Å². The maximum absolute atomic E-state index is 14.9. The Morgan fingerprint density at radius 2 is 1.65 bits per heavy atom. The fraction of sp³-hybridized carbons (Fsp3) is 0.436. The standard InChI is InChI=1S/C39H49ClFN5O4Si/c1-24(2)45-22-30(12-16-34(45)47)29-11-15-33(40)32(21-29)25(3)36(43-38(49)39(41)17-18-39)37(48)42-31-13-9-28(10-14-31)35-26(4)44-46(27(35)5)23-50-19-20-51(6,7)8/h9-16,21-22,24-25,36H,17-20,23H2,1-8H3,(H,42,48)(H,43,49)/t25?,36-/m0/s1. The van der Waals surface area contributed by atoms with Crippen molar-refractivity contribution in [1.29, 1.82) is 0 Å². The molecule has 51 heavy (non-hydrogen) atoms. The van der Waals surface area contributed by atoms with E-state index in [9.17, 15) is 18.8 Å². The van der Waals surface area contributed by atoms with Crippen molar-refractivity contribution in [2.24, 2.45) is 0 Å². The lowest BCUT2D eigenvalue weighted by atomic mass is 9.90. The molecular formula is C39H49ClFN5O4Si. The van der Waals surface area contributed by atoms with Crippen LogP contribution in [0, 0.1) is 13.8 Å². The number of carbonyl (C=O) groups is 2. The van der Waals surface area contributed by atoms with Crippen molar-refractivity contribution in [2.75, 3.05) is 11.9 Å². The molecule has 1 saturated carbocycles. The van der Waals surface area contributed by atoms with E-state index in [0.29, 0.717) is 29.6 Å². The van der Waals surface area contributed by atoms with Crippen LogP contribution < -0.4 is 16.2 Å². The largest absolute Gasteiger partial charge is 0.360 e. The van der Waals surface area contributed by atoms with Crippen molar-refractivity contribution in [2.45, 2.75) is 104 Å². The summed E-state index contributed by atoms with van der Waals surface area (Å²) in [6.07, 6.45) is 2.02. The van der Waals surface area contributed by atoms with Crippen molar-refractivity contribution in [3.05, 3.63) is 93.1 Å². The van der Waals surface area contributed by atoms with Crippen LogP contribution in [-0.4, -0.2) is 52.6 Å². The van der Waals surface area contributed by atoms with Gasteiger partial charge in [0, 0.05) is 60.9 Å². The van der Waals surface area contributed by atoms with Gasteiger partial charge < -0.3 is 19.9 Å². The lowest BCUT2D eigenvalue weighted by Gasteiger charge is -2.26. The number of aromatic nitrogens is 3. The van der Waals surface area contributed by atoms with Gasteiger partial charge in [-0.05, 0) is 99.2 Å². The number of aryl methyl sites for hydroxylation is 1. The minimum atomic E-state index is -1.98. The lowest BCUT2D eigenvalue weighted by Crippen LogP contribution is -2.50. The Balaban J connectivity index is 1.36. The molecule has 2 N–H and O–H groups in total. The molecule has 0 spiro atoms. The number of hydrogen-bond donors (Lipinski definition) is 2. The Kier molecular flexibility index (Phi) is 11.4. The fourth-order valence-electron chi connectivity index (χ4n) is 6.06. The molecule has 4 aromatic rings. The van der Waals surface area contributed by atoms with Crippen LogP contribution in [0.2, 0.25) is 30.7 Å². The Labute approximate surface area is 305 Å². The fourth-order valence-corrected chi connectivity index (χ4v) is 7.11. The molecule has 12 heteroatoms. The van der Waals surface area contributed by atoms with E-state index in [1.807, 2.05) is 56.6 Å². The third kappa shape index (κ3) is 9.06. The van der Waals surface area contributed by atoms with E-state index in [4.69, 9.17) is 21.4 Å². The third-order valence-corrected chi connectivity index (χ3v) is 11.6. The number of nitrogens with one attached hydrogen (secondary N) is 2. The van der Waals surface area contributed by atoms with Crippen LogP contribution >= 0.6 is 11.6 Å². The second-order valence-electron chi connectivity index (χ2n) is 15.2. The van der Waals surface area contributed by atoms with Gasteiger partial charge in [0.1, 0.15) is 12.8 Å². The average Bonchev–Trinajstić information content (AvgIpc) is 3.76. The number of alkyl halides is 1. The Hall–Kier alpha value is -4.06. The minimum Gasteiger partial charge on any atom is -0.360 e. The van der Waals surface area contributed by atoms with Crippen molar-refractivity contribution in [1.82, 2.24) is 19.7 Å². The predicted octanol–water partition coefficient (Wildman–Crippen LogP) is 8.27. The first-order chi connectivity index (χ1) is 24.0. The number of carbonyl (C=O) groups excluding carboxylic acids is 2. The number of amides is 2. The molecule has 2 aromatic carbocycles. The Bertz CT molecular complexity index is 1960. The molecule has 1 aliphatic carbocycles. The van der Waals surface area contributed by atoms with Crippen LogP contribution in [0.1, 0.15) is 62.5 Å². The number of benzene rings is 2. The Morgan fingerprint density at radius 1 is 1.00 bits per heavy atom. The van der Waals surface area contributed by atoms with Gasteiger partial charge in [0.25, 0.3) is 11.5 Å². The zero-order chi connectivity index (χ0) is 37.2. The van der Waals surface area contributed by atoms with Gasteiger partial charge in [-0.25, -0.2) is 9.07 Å². The molecule has 1 aliphatic rings. The molecule has 2 amide bonds. The summed E-state index contributed by atoms with van der Waals surface area (Å²) in [4.78, 5) is 39.3. The SMILES string of the molecule is Cc1nn(COCC[Si](C)(C)C)c(C)c1-c1ccc(NC(=O)[C@@H](NC(=O)C2(F)CC2)C(C)c2cc(-c3ccc(=O)n(C(C)C)c3)ccc2Cl)cc1. The normalized spacial score (nSPS) is 15.0. The molecule has 1 fully saturated rings. The zero-order valence-electron chi connectivity index (χ0n) is 30.8. The molecule has 272 valence electrons. The highest BCUT2D eigenvalue weighted by molar-refractivity contribution is 6.76. The molecule has 0 aliphatic heterocycles. The van der Waals surface area contributed by atoms with Crippen LogP contribution in [0.25, 0.3) is 22.3 Å². The third-order valence-electron chi connectivity index (χ3n) is 9.51. The van der Waals surface area contributed by atoms with Crippen molar-refractivity contribution < 1.29 is 18.7 Å². The first kappa shape index (κ1) is 38.2. The van der Waals surface area contributed by atoms with Gasteiger partial charge in [0.2, 0.25) is 5.91 Å². The van der Waals surface area contributed by atoms with Gasteiger partial charge in [-0.15, -0.1) is 0 Å². The summed E-state index contributed by atoms with van der Waals surface area (Å²) >= 11 is 6.70. The first-order valence-corrected chi connectivity index (χ1v) is 21.6. The van der Waals surface area contributed by atoms with E-state index in [2.05, 4.69) is 30.3 Å². The monoisotopic (exact) mass is 733 g/mol. The van der Waals surface area contributed by atoms with Crippen LogP contribution in [-0.2, 0) is 21.1 Å². The smallest absolute Gasteiger partial charge is 0.258 e. The number of rotatable bonds is 14. The number of nitrogens with zero attached hydrogens (tertiary/aromatic N) is 3. The maximum Gasteiger partial charge on any atom is 0.258 e. The van der Waals surface area contributed by atoms with Gasteiger partial charge in [0.05, 0.1) is 5.69 Å². The molecule has 2 aromatic heterocycles. The van der Waals surface area contributed by atoms with E-state index in [-0.39, 0.29) is 24.4 Å². The number of halogens is 2. The summed E-state index contributed by atoms with van der Waals surface area (Å²) in [7, 11) is -1.19. The summed E-state index contributed by atoms with van der Waals surface area (Å²) in [5.74, 6) is -1.95. The van der Waals surface area contributed by atoms with Crippen molar-refractivity contribution in [3.8, 4) is 22.3 Å². The molecular weight excluding hydrogens is 685 g/mol. The molecule has 1 unspecified atom stereocenters. The summed E-state index contributed by atoms with van der Waals surface area (Å²) in [6.45, 7) is 17.7. The van der Waals surface area contributed by atoms with Gasteiger partial charge in [0.15, 0.2) is 5.67 Å². The molecule has 9 nitrogen and oxygen atoms in total.